The van der Waals surface area contributed by atoms with Crippen LogP contribution in [0.15, 0.2) is 16.6 Å². The molecule has 1 aromatic carbocycles. The Morgan fingerprint density at radius 2 is 2.11 bits per heavy atom. The number of rotatable bonds is 6. The van der Waals surface area contributed by atoms with E-state index in [1.165, 1.54) is 12.1 Å². The molecule has 0 fully saturated rings. The molecule has 0 aliphatic heterocycles. The number of benzene rings is 1. The Bertz CT molecular complexity index is 591. The van der Waals surface area contributed by atoms with Gasteiger partial charge < -0.3 is 0 Å². The van der Waals surface area contributed by atoms with Gasteiger partial charge in [-0.3, -0.25) is 14.8 Å². The van der Waals surface area contributed by atoms with Crippen LogP contribution in [0.5, 0.6) is 0 Å². The van der Waals surface area contributed by atoms with Gasteiger partial charge in [0, 0.05) is 22.0 Å². The molecular formula is C10H12BrClN2O4S. The number of nitrogens with zero attached hydrogens (tertiary/aromatic N) is 1. The maximum absolute atomic E-state index is 11.7. The van der Waals surface area contributed by atoms with E-state index in [9.17, 15) is 18.5 Å². The van der Waals surface area contributed by atoms with E-state index in [-0.39, 0.29) is 23.0 Å². The first kappa shape index (κ1) is 16.2. The topological polar surface area (TPSA) is 89.3 Å². The predicted molar refractivity (Wildman–Crippen MR) is 78.3 cm³/mol. The monoisotopic (exact) mass is 370 g/mol. The Balaban J connectivity index is 3.08. The zero-order chi connectivity index (χ0) is 14.6. The van der Waals surface area contributed by atoms with Crippen molar-refractivity contribution in [2.45, 2.75) is 13.3 Å². The van der Waals surface area contributed by atoms with E-state index in [1.807, 2.05) is 0 Å². The Kier molecular flexibility index (Phi) is 5.57. The molecule has 6 nitrogen and oxygen atoms in total. The van der Waals surface area contributed by atoms with Crippen molar-refractivity contribution in [3.63, 3.8) is 0 Å². The third-order valence-corrected chi connectivity index (χ3v) is 4.57. The molecule has 0 aromatic heterocycles. The number of anilines is 1. The number of nitro benzene ring substituents is 1. The van der Waals surface area contributed by atoms with Crippen molar-refractivity contribution >= 4 is 48.9 Å². The molecular weight excluding hydrogens is 360 g/mol. The van der Waals surface area contributed by atoms with Gasteiger partial charge in [-0.25, -0.2) is 8.42 Å². The standard InChI is InChI=1S/C10H12BrClN2O4S/c1-7-5-8(11)9(6-10(7)14(15)16)13-19(17,18)4-2-3-12/h5-6,13H,2-4H2,1H3. The molecule has 0 saturated carbocycles. The summed E-state index contributed by atoms with van der Waals surface area (Å²) in [7, 11) is -3.56. The number of hydrogen-bond donors (Lipinski definition) is 1. The van der Waals surface area contributed by atoms with Crippen molar-refractivity contribution in [3.8, 4) is 0 Å². The zero-order valence-corrected chi connectivity index (χ0v) is 13.2. The van der Waals surface area contributed by atoms with Gasteiger partial charge in [0.1, 0.15) is 0 Å². The number of aryl methyl sites for hydroxylation is 1. The fraction of sp³-hybridized carbons (Fsp3) is 0.400. The molecule has 1 N–H and O–H groups in total. The van der Waals surface area contributed by atoms with Crippen LogP contribution < -0.4 is 4.72 Å². The Morgan fingerprint density at radius 1 is 1.47 bits per heavy atom. The van der Waals surface area contributed by atoms with Gasteiger partial charge in [-0.2, -0.15) is 0 Å². The van der Waals surface area contributed by atoms with E-state index >= 15 is 0 Å². The molecule has 0 spiro atoms. The second-order valence-corrected chi connectivity index (χ2v) is 6.91. The largest absolute Gasteiger partial charge is 0.282 e. The molecule has 106 valence electrons. The van der Waals surface area contributed by atoms with E-state index in [1.54, 1.807) is 6.92 Å². The number of hydrogen-bond acceptors (Lipinski definition) is 4. The smallest absolute Gasteiger partial charge is 0.274 e. The van der Waals surface area contributed by atoms with Gasteiger partial charge in [-0.1, -0.05) is 0 Å². The molecule has 0 atom stereocenters. The molecule has 1 rings (SSSR count). The van der Waals surface area contributed by atoms with E-state index in [4.69, 9.17) is 11.6 Å². The number of halogens is 2. The first-order chi connectivity index (χ1) is 8.76. The van der Waals surface area contributed by atoms with Crippen LogP contribution in [0.25, 0.3) is 0 Å². The van der Waals surface area contributed by atoms with Crippen molar-refractivity contribution in [2.24, 2.45) is 0 Å². The minimum Gasteiger partial charge on any atom is -0.282 e. The summed E-state index contributed by atoms with van der Waals surface area (Å²) < 4.78 is 26.2. The molecule has 0 aliphatic rings. The summed E-state index contributed by atoms with van der Waals surface area (Å²) in [5, 5.41) is 10.8. The van der Waals surface area contributed by atoms with Crippen LogP contribution >= 0.6 is 27.5 Å². The van der Waals surface area contributed by atoms with Crippen molar-refractivity contribution < 1.29 is 13.3 Å². The first-order valence-electron chi connectivity index (χ1n) is 5.28. The van der Waals surface area contributed by atoms with Gasteiger partial charge in [0.25, 0.3) is 5.69 Å². The van der Waals surface area contributed by atoms with Gasteiger partial charge in [-0.05, 0) is 35.3 Å². The quantitative estimate of drug-likeness (QED) is 0.473. The number of nitrogens with one attached hydrogen (secondary N) is 1. The minimum absolute atomic E-state index is 0.134. The van der Waals surface area contributed by atoms with E-state index < -0.39 is 14.9 Å². The first-order valence-corrected chi connectivity index (χ1v) is 8.26. The molecule has 0 aliphatic carbocycles. The van der Waals surface area contributed by atoms with Crippen molar-refractivity contribution in [3.05, 3.63) is 32.3 Å². The molecule has 0 bridgehead atoms. The van der Waals surface area contributed by atoms with Gasteiger partial charge in [0.2, 0.25) is 10.0 Å². The lowest BCUT2D eigenvalue weighted by Gasteiger charge is -2.10. The van der Waals surface area contributed by atoms with Gasteiger partial charge >= 0.3 is 0 Å². The summed E-state index contributed by atoms with van der Waals surface area (Å²) in [6.45, 7) is 1.58. The molecule has 0 heterocycles. The van der Waals surface area contributed by atoms with Gasteiger partial charge in [-0.15, -0.1) is 11.6 Å². The highest BCUT2D eigenvalue weighted by molar-refractivity contribution is 9.10. The number of nitro groups is 1. The van der Waals surface area contributed by atoms with Crippen LogP contribution in [0, 0.1) is 17.0 Å². The van der Waals surface area contributed by atoms with Gasteiger partial charge in [0.05, 0.1) is 16.4 Å². The van der Waals surface area contributed by atoms with E-state index in [2.05, 4.69) is 20.7 Å². The Labute approximate surface area is 124 Å². The normalized spacial score (nSPS) is 11.3. The van der Waals surface area contributed by atoms with Gasteiger partial charge in [0.15, 0.2) is 0 Å². The minimum atomic E-state index is -3.56. The molecule has 9 heteroatoms. The number of alkyl halides is 1. The van der Waals surface area contributed by atoms with Crippen molar-refractivity contribution in [2.75, 3.05) is 16.4 Å². The molecule has 0 radical (unpaired) electrons. The summed E-state index contributed by atoms with van der Waals surface area (Å²) in [4.78, 5) is 10.3. The molecule has 1 aromatic rings. The zero-order valence-electron chi connectivity index (χ0n) is 10.0. The second kappa shape index (κ2) is 6.53. The average Bonchev–Trinajstić information content (AvgIpc) is 2.29. The third-order valence-electron chi connectivity index (χ3n) is 2.29. The molecule has 0 amide bonds. The van der Waals surface area contributed by atoms with Crippen LogP contribution in [0.1, 0.15) is 12.0 Å². The molecule has 0 unspecified atom stereocenters. The summed E-state index contributed by atoms with van der Waals surface area (Å²) in [5.41, 5.74) is 0.450. The fourth-order valence-corrected chi connectivity index (χ4v) is 3.51. The SMILES string of the molecule is Cc1cc(Br)c(NS(=O)(=O)CCCCl)cc1[N+](=O)[O-]. The predicted octanol–water partition coefficient (Wildman–Crippen LogP) is 3.04. The lowest BCUT2D eigenvalue weighted by Crippen LogP contribution is -2.17. The van der Waals surface area contributed by atoms with Crippen LogP contribution in [0.4, 0.5) is 11.4 Å². The van der Waals surface area contributed by atoms with Crippen molar-refractivity contribution in [1.82, 2.24) is 0 Å². The fourth-order valence-electron chi connectivity index (χ4n) is 1.40. The molecule has 0 saturated heterocycles. The highest BCUT2D eigenvalue weighted by atomic mass is 79.9. The second-order valence-electron chi connectivity index (χ2n) is 3.84. The average molecular weight is 372 g/mol. The Hall–Kier alpha value is -0.860. The maximum atomic E-state index is 11.7. The number of sulfonamides is 1. The summed E-state index contributed by atoms with van der Waals surface area (Å²) in [6, 6.07) is 2.69. The van der Waals surface area contributed by atoms with E-state index in [0.29, 0.717) is 16.5 Å². The van der Waals surface area contributed by atoms with Crippen LogP contribution in [-0.2, 0) is 10.0 Å². The Morgan fingerprint density at radius 3 is 2.63 bits per heavy atom. The summed E-state index contributed by atoms with van der Waals surface area (Å²) in [5.74, 6) is 0.0980. The lowest BCUT2D eigenvalue weighted by molar-refractivity contribution is -0.385. The lowest BCUT2D eigenvalue weighted by atomic mass is 10.2. The highest BCUT2D eigenvalue weighted by Gasteiger charge is 2.18. The maximum Gasteiger partial charge on any atom is 0.274 e. The van der Waals surface area contributed by atoms with Crippen LogP contribution in [0.3, 0.4) is 0 Å². The van der Waals surface area contributed by atoms with Crippen LogP contribution in [0.2, 0.25) is 0 Å². The highest BCUT2D eigenvalue weighted by Crippen LogP contribution is 2.31. The van der Waals surface area contributed by atoms with Crippen LogP contribution in [-0.4, -0.2) is 25.0 Å². The van der Waals surface area contributed by atoms with E-state index in [0.717, 1.165) is 0 Å². The van der Waals surface area contributed by atoms with Crippen molar-refractivity contribution in [1.29, 1.82) is 0 Å². The summed E-state index contributed by atoms with van der Waals surface area (Å²) >= 11 is 8.61. The molecule has 19 heavy (non-hydrogen) atoms. The summed E-state index contributed by atoms with van der Waals surface area (Å²) in [6.07, 6.45) is 0.308. The third kappa shape index (κ3) is 4.63.